The largest absolute Gasteiger partial charge is 0.456 e. The Morgan fingerprint density at radius 1 is 1.37 bits per heavy atom. The fourth-order valence-corrected chi connectivity index (χ4v) is 1.70. The highest BCUT2D eigenvalue weighted by molar-refractivity contribution is 5.86. The minimum absolute atomic E-state index is 0.196. The molecule has 19 heavy (non-hydrogen) atoms. The molecule has 0 spiro atoms. The molecule has 4 nitrogen and oxygen atoms in total. The van der Waals surface area contributed by atoms with Crippen LogP contribution in [0.3, 0.4) is 0 Å². The third-order valence-corrected chi connectivity index (χ3v) is 2.82. The molecular formula is C15H16N2O2. The Morgan fingerprint density at radius 2 is 2.05 bits per heavy atom. The summed E-state index contributed by atoms with van der Waals surface area (Å²) in [5, 5.41) is 0. The molecule has 0 radical (unpaired) electrons. The van der Waals surface area contributed by atoms with E-state index in [1.165, 1.54) is 0 Å². The van der Waals surface area contributed by atoms with Crippen molar-refractivity contribution in [2.45, 2.75) is 13.5 Å². The van der Waals surface area contributed by atoms with Gasteiger partial charge in [-0.1, -0.05) is 36.9 Å². The molecular weight excluding hydrogens is 240 g/mol. The molecule has 2 aromatic rings. The molecule has 0 aliphatic carbocycles. The molecule has 2 rings (SSSR count). The number of hydrogen-bond acceptors (Lipinski definition) is 3. The molecule has 4 heteroatoms. The second kappa shape index (κ2) is 5.52. The zero-order valence-electron chi connectivity index (χ0n) is 11.1. The molecule has 0 saturated heterocycles. The van der Waals surface area contributed by atoms with Crippen LogP contribution in [-0.2, 0) is 23.2 Å². The number of esters is 1. The summed E-state index contributed by atoms with van der Waals surface area (Å²) in [5.41, 5.74) is 2.27. The molecule has 1 aromatic carbocycles. The van der Waals surface area contributed by atoms with Crippen LogP contribution >= 0.6 is 0 Å². The number of nitrogens with zero attached hydrogens (tertiary/aromatic N) is 2. The quantitative estimate of drug-likeness (QED) is 0.624. The zero-order valence-corrected chi connectivity index (χ0v) is 11.1. The predicted octanol–water partition coefficient (Wildman–Crippen LogP) is 2.71. The maximum absolute atomic E-state index is 11.4. The lowest BCUT2D eigenvalue weighted by atomic mass is 10.2. The fourth-order valence-electron chi connectivity index (χ4n) is 1.70. The number of imidazole rings is 1. The van der Waals surface area contributed by atoms with Gasteiger partial charge in [-0.2, -0.15) is 0 Å². The van der Waals surface area contributed by atoms with E-state index in [1.54, 1.807) is 13.1 Å². The van der Waals surface area contributed by atoms with Crippen molar-refractivity contribution in [1.82, 2.24) is 9.55 Å². The maximum Gasteiger partial charge on any atom is 0.333 e. The van der Waals surface area contributed by atoms with Crippen LogP contribution in [0.5, 0.6) is 0 Å². The Hall–Kier alpha value is -2.36. The van der Waals surface area contributed by atoms with Crippen LogP contribution in [0.25, 0.3) is 11.4 Å². The lowest BCUT2D eigenvalue weighted by Crippen LogP contribution is -2.07. The monoisotopic (exact) mass is 256 g/mol. The van der Waals surface area contributed by atoms with Gasteiger partial charge in [0.2, 0.25) is 0 Å². The minimum atomic E-state index is -0.387. The average Bonchev–Trinajstić information content (AvgIpc) is 2.78. The molecule has 0 aliphatic rings. The minimum Gasteiger partial charge on any atom is -0.456 e. The summed E-state index contributed by atoms with van der Waals surface area (Å²) in [7, 11) is 1.90. The van der Waals surface area contributed by atoms with Crippen molar-refractivity contribution in [2.24, 2.45) is 7.05 Å². The van der Waals surface area contributed by atoms with Gasteiger partial charge in [-0.05, 0) is 6.92 Å². The molecule has 1 aromatic heterocycles. The van der Waals surface area contributed by atoms with Crippen LogP contribution in [0.1, 0.15) is 12.6 Å². The Kier molecular flexibility index (Phi) is 3.80. The van der Waals surface area contributed by atoms with Crippen LogP contribution in [0.4, 0.5) is 0 Å². The van der Waals surface area contributed by atoms with E-state index in [2.05, 4.69) is 11.6 Å². The topological polar surface area (TPSA) is 44.1 Å². The summed E-state index contributed by atoms with van der Waals surface area (Å²) in [6.07, 6.45) is 1.72. The SMILES string of the molecule is C=C(C)C(=O)OCc1cnc(-c2ccccc2)n1C. The van der Waals surface area contributed by atoms with E-state index in [9.17, 15) is 4.79 Å². The fraction of sp³-hybridized carbons (Fsp3) is 0.200. The molecule has 0 N–H and O–H groups in total. The van der Waals surface area contributed by atoms with Crippen LogP contribution in [0.2, 0.25) is 0 Å². The van der Waals surface area contributed by atoms with Gasteiger partial charge in [-0.3, -0.25) is 0 Å². The van der Waals surface area contributed by atoms with Crippen molar-refractivity contribution in [2.75, 3.05) is 0 Å². The summed E-state index contributed by atoms with van der Waals surface area (Å²) < 4.78 is 7.04. The number of aromatic nitrogens is 2. The average molecular weight is 256 g/mol. The molecule has 98 valence electrons. The van der Waals surface area contributed by atoms with E-state index in [0.29, 0.717) is 5.57 Å². The van der Waals surface area contributed by atoms with Gasteiger partial charge < -0.3 is 9.30 Å². The highest BCUT2D eigenvalue weighted by atomic mass is 16.5. The molecule has 0 unspecified atom stereocenters. The van der Waals surface area contributed by atoms with Crippen molar-refractivity contribution in [3.63, 3.8) is 0 Å². The van der Waals surface area contributed by atoms with Crippen molar-refractivity contribution in [3.8, 4) is 11.4 Å². The standard InChI is InChI=1S/C15H16N2O2/c1-11(2)15(18)19-10-13-9-16-14(17(13)3)12-7-5-4-6-8-12/h4-9H,1,10H2,2-3H3. The van der Waals surface area contributed by atoms with Gasteiger partial charge in [0.1, 0.15) is 12.4 Å². The Labute approximate surface area is 112 Å². The van der Waals surface area contributed by atoms with Crippen molar-refractivity contribution < 1.29 is 9.53 Å². The van der Waals surface area contributed by atoms with Crippen LogP contribution in [0.15, 0.2) is 48.7 Å². The molecule has 0 amide bonds. The van der Waals surface area contributed by atoms with Crippen molar-refractivity contribution in [3.05, 3.63) is 54.4 Å². The van der Waals surface area contributed by atoms with E-state index in [4.69, 9.17) is 4.74 Å². The highest BCUT2D eigenvalue weighted by Crippen LogP contribution is 2.18. The van der Waals surface area contributed by atoms with Gasteiger partial charge in [-0.15, -0.1) is 0 Å². The molecule has 0 fully saturated rings. The van der Waals surface area contributed by atoms with E-state index in [-0.39, 0.29) is 12.6 Å². The van der Waals surface area contributed by atoms with Gasteiger partial charge >= 0.3 is 5.97 Å². The molecule has 1 heterocycles. The second-order valence-corrected chi connectivity index (χ2v) is 4.35. The van der Waals surface area contributed by atoms with E-state index in [0.717, 1.165) is 17.1 Å². The number of hydrogen-bond donors (Lipinski definition) is 0. The predicted molar refractivity (Wildman–Crippen MR) is 73.3 cm³/mol. The third kappa shape index (κ3) is 2.91. The summed E-state index contributed by atoms with van der Waals surface area (Å²) in [6, 6.07) is 9.87. The number of rotatable bonds is 4. The van der Waals surface area contributed by atoms with Gasteiger partial charge in [0.15, 0.2) is 0 Å². The summed E-state index contributed by atoms with van der Waals surface area (Å²) in [5.74, 6) is 0.462. The van der Waals surface area contributed by atoms with E-state index < -0.39 is 0 Å². The van der Waals surface area contributed by atoms with E-state index in [1.807, 2.05) is 41.9 Å². The zero-order chi connectivity index (χ0) is 13.8. The van der Waals surface area contributed by atoms with Crippen LogP contribution < -0.4 is 0 Å². The lowest BCUT2D eigenvalue weighted by molar-refractivity contribution is -0.140. The molecule has 0 bridgehead atoms. The smallest absolute Gasteiger partial charge is 0.333 e. The first-order valence-corrected chi connectivity index (χ1v) is 5.98. The normalized spacial score (nSPS) is 10.2. The van der Waals surface area contributed by atoms with Gasteiger partial charge in [-0.25, -0.2) is 9.78 Å². The summed E-state index contributed by atoms with van der Waals surface area (Å²) in [6.45, 7) is 5.37. The second-order valence-electron chi connectivity index (χ2n) is 4.35. The van der Waals surface area contributed by atoms with Crippen molar-refractivity contribution >= 4 is 5.97 Å². The first-order valence-electron chi connectivity index (χ1n) is 5.98. The first kappa shape index (κ1) is 13.1. The van der Waals surface area contributed by atoms with Crippen LogP contribution in [-0.4, -0.2) is 15.5 Å². The number of carbonyl (C=O) groups excluding carboxylic acids is 1. The Bertz CT molecular complexity index is 600. The summed E-state index contributed by atoms with van der Waals surface area (Å²) in [4.78, 5) is 15.7. The third-order valence-electron chi connectivity index (χ3n) is 2.82. The van der Waals surface area contributed by atoms with Crippen LogP contribution in [0, 0.1) is 0 Å². The van der Waals surface area contributed by atoms with E-state index >= 15 is 0 Å². The Morgan fingerprint density at radius 3 is 2.68 bits per heavy atom. The van der Waals surface area contributed by atoms with Gasteiger partial charge in [0.05, 0.1) is 11.9 Å². The Balaban J connectivity index is 2.15. The molecule has 0 aliphatic heterocycles. The summed E-state index contributed by atoms with van der Waals surface area (Å²) >= 11 is 0. The van der Waals surface area contributed by atoms with Gasteiger partial charge in [0.25, 0.3) is 0 Å². The maximum atomic E-state index is 11.4. The molecule has 0 saturated carbocycles. The first-order chi connectivity index (χ1) is 9.09. The molecule has 0 atom stereocenters. The lowest BCUT2D eigenvalue weighted by Gasteiger charge is -2.07. The van der Waals surface area contributed by atoms with Crippen molar-refractivity contribution in [1.29, 1.82) is 0 Å². The van der Waals surface area contributed by atoms with Gasteiger partial charge in [0, 0.05) is 18.2 Å². The highest BCUT2D eigenvalue weighted by Gasteiger charge is 2.10. The number of ether oxygens (including phenoxy) is 1. The number of benzene rings is 1. The number of carbonyl (C=O) groups is 1.